The number of nitrogens with zero attached hydrogens (tertiary/aromatic N) is 2. The Morgan fingerprint density at radius 2 is 1.82 bits per heavy atom. The second kappa shape index (κ2) is 8.62. The van der Waals surface area contributed by atoms with Crippen LogP contribution in [0.3, 0.4) is 0 Å². The van der Waals surface area contributed by atoms with Gasteiger partial charge in [0.25, 0.3) is 5.56 Å². The zero-order valence-electron chi connectivity index (χ0n) is 15.0. The van der Waals surface area contributed by atoms with Crippen molar-refractivity contribution in [3.63, 3.8) is 0 Å². The fourth-order valence-corrected chi connectivity index (χ4v) is 3.03. The van der Waals surface area contributed by atoms with Crippen LogP contribution in [0.1, 0.15) is 22.5 Å². The van der Waals surface area contributed by atoms with Gasteiger partial charge in [-0.2, -0.15) is 4.98 Å². The van der Waals surface area contributed by atoms with Gasteiger partial charge in [0, 0.05) is 11.6 Å². The number of rotatable bonds is 6. The molecular weight excluding hydrogens is 434 g/mol. The molecule has 0 saturated carbocycles. The lowest BCUT2D eigenvalue weighted by Gasteiger charge is -2.14. The van der Waals surface area contributed by atoms with Crippen LogP contribution < -0.4 is 10.3 Å². The number of hydrogen-bond donors (Lipinski definition) is 1. The lowest BCUT2D eigenvalue weighted by Crippen LogP contribution is -2.25. The molecule has 0 spiro atoms. The van der Waals surface area contributed by atoms with E-state index in [-0.39, 0.29) is 34.7 Å². The monoisotopic (exact) mass is 450 g/mol. The summed E-state index contributed by atoms with van der Waals surface area (Å²) in [4.78, 5) is 17.0. The predicted octanol–water partition coefficient (Wildman–Crippen LogP) is 3.71. The van der Waals surface area contributed by atoms with Gasteiger partial charge in [0.2, 0.25) is 5.88 Å². The van der Waals surface area contributed by atoms with Crippen LogP contribution in [0.25, 0.3) is 0 Å². The SMILES string of the molecule is Cc1nc(OCc2ccc(F)cc2F)c(Br)c(=O)n1Cc1ccc(CO)cc1. The summed E-state index contributed by atoms with van der Waals surface area (Å²) in [6.07, 6.45) is 0. The van der Waals surface area contributed by atoms with Crippen LogP contribution in [-0.4, -0.2) is 14.7 Å². The third-order valence-electron chi connectivity index (χ3n) is 4.20. The highest BCUT2D eigenvalue weighted by Gasteiger charge is 2.15. The molecule has 0 aliphatic heterocycles. The Kier molecular flexibility index (Phi) is 6.21. The first-order chi connectivity index (χ1) is 13.4. The maximum Gasteiger partial charge on any atom is 0.272 e. The van der Waals surface area contributed by atoms with Gasteiger partial charge >= 0.3 is 0 Å². The normalized spacial score (nSPS) is 10.9. The molecule has 28 heavy (non-hydrogen) atoms. The number of halogens is 3. The lowest BCUT2D eigenvalue weighted by molar-refractivity contribution is 0.281. The standard InChI is InChI=1S/C20H17BrF2N2O3/c1-12-24-19(28-11-15-6-7-16(22)8-17(15)23)18(21)20(27)25(12)9-13-2-4-14(10-26)5-3-13/h2-8,26H,9-11H2,1H3. The van der Waals surface area contributed by atoms with E-state index in [9.17, 15) is 13.6 Å². The number of hydrogen-bond acceptors (Lipinski definition) is 4. The van der Waals surface area contributed by atoms with Gasteiger partial charge in [0.1, 0.15) is 28.5 Å². The van der Waals surface area contributed by atoms with Gasteiger partial charge in [-0.3, -0.25) is 9.36 Å². The van der Waals surface area contributed by atoms with E-state index in [2.05, 4.69) is 20.9 Å². The van der Waals surface area contributed by atoms with E-state index in [0.29, 0.717) is 12.4 Å². The maximum atomic E-state index is 13.7. The van der Waals surface area contributed by atoms with Gasteiger partial charge in [-0.05, 0) is 46.1 Å². The number of aliphatic hydroxyl groups excluding tert-OH is 1. The molecule has 0 atom stereocenters. The van der Waals surface area contributed by atoms with Gasteiger partial charge in [-0.1, -0.05) is 24.3 Å². The maximum absolute atomic E-state index is 13.7. The number of aryl methyl sites for hydroxylation is 1. The molecule has 3 aromatic rings. The summed E-state index contributed by atoms with van der Waals surface area (Å²) in [5.41, 5.74) is 1.47. The van der Waals surface area contributed by atoms with E-state index < -0.39 is 11.6 Å². The molecule has 8 heteroatoms. The van der Waals surface area contributed by atoms with Crippen molar-refractivity contribution in [1.29, 1.82) is 0 Å². The van der Waals surface area contributed by atoms with Crippen LogP contribution in [0.15, 0.2) is 51.7 Å². The average Bonchev–Trinajstić information content (AvgIpc) is 2.68. The van der Waals surface area contributed by atoms with Gasteiger partial charge in [-0.15, -0.1) is 0 Å². The van der Waals surface area contributed by atoms with Gasteiger partial charge in [0.15, 0.2) is 0 Å². The molecule has 1 aromatic heterocycles. The van der Waals surface area contributed by atoms with Crippen LogP contribution >= 0.6 is 15.9 Å². The molecule has 1 heterocycles. The summed E-state index contributed by atoms with van der Waals surface area (Å²) < 4.78 is 33.8. The van der Waals surface area contributed by atoms with E-state index in [4.69, 9.17) is 9.84 Å². The molecule has 2 aromatic carbocycles. The fourth-order valence-electron chi connectivity index (χ4n) is 2.61. The summed E-state index contributed by atoms with van der Waals surface area (Å²) in [5, 5.41) is 9.11. The molecule has 3 rings (SSSR count). The minimum Gasteiger partial charge on any atom is -0.472 e. The molecule has 1 N–H and O–H groups in total. The van der Waals surface area contributed by atoms with Crippen LogP contribution in [0.2, 0.25) is 0 Å². The van der Waals surface area contributed by atoms with E-state index in [0.717, 1.165) is 23.3 Å². The van der Waals surface area contributed by atoms with Crippen molar-refractivity contribution < 1.29 is 18.6 Å². The Morgan fingerprint density at radius 3 is 2.46 bits per heavy atom. The number of benzene rings is 2. The molecule has 0 unspecified atom stereocenters. The Morgan fingerprint density at radius 1 is 1.14 bits per heavy atom. The van der Waals surface area contributed by atoms with Crippen molar-refractivity contribution in [3.05, 3.63) is 91.4 Å². The van der Waals surface area contributed by atoms with Crippen molar-refractivity contribution in [3.8, 4) is 5.88 Å². The highest BCUT2D eigenvalue weighted by molar-refractivity contribution is 9.10. The third-order valence-corrected chi connectivity index (χ3v) is 4.88. The van der Waals surface area contributed by atoms with Crippen molar-refractivity contribution in [2.75, 3.05) is 0 Å². The predicted molar refractivity (Wildman–Crippen MR) is 103 cm³/mol. The first-order valence-electron chi connectivity index (χ1n) is 8.41. The molecule has 0 radical (unpaired) electrons. The van der Waals surface area contributed by atoms with Crippen LogP contribution in [0, 0.1) is 18.6 Å². The van der Waals surface area contributed by atoms with E-state index in [1.165, 1.54) is 10.6 Å². The largest absolute Gasteiger partial charge is 0.472 e. The van der Waals surface area contributed by atoms with Crippen molar-refractivity contribution in [2.45, 2.75) is 26.7 Å². The molecule has 146 valence electrons. The van der Waals surface area contributed by atoms with Gasteiger partial charge in [-0.25, -0.2) is 8.78 Å². The fraction of sp³-hybridized carbons (Fsp3) is 0.200. The summed E-state index contributed by atoms with van der Waals surface area (Å²) in [6.45, 7) is 1.73. The summed E-state index contributed by atoms with van der Waals surface area (Å²) in [6, 6.07) is 10.4. The van der Waals surface area contributed by atoms with Crippen LogP contribution in [0.5, 0.6) is 5.88 Å². The van der Waals surface area contributed by atoms with E-state index >= 15 is 0 Å². The molecule has 5 nitrogen and oxygen atoms in total. The Labute approximate surface area is 168 Å². The minimum atomic E-state index is -0.729. The zero-order valence-corrected chi connectivity index (χ0v) is 16.5. The molecule has 0 amide bonds. The quantitative estimate of drug-likeness (QED) is 0.621. The minimum absolute atomic E-state index is 0.0399. The Bertz CT molecular complexity index is 1050. The lowest BCUT2D eigenvalue weighted by atomic mass is 10.1. The molecule has 0 saturated heterocycles. The average molecular weight is 451 g/mol. The van der Waals surface area contributed by atoms with Crippen LogP contribution in [0.4, 0.5) is 8.78 Å². The first-order valence-corrected chi connectivity index (χ1v) is 9.20. The topological polar surface area (TPSA) is 64.3 Å². The first kappa shape index (κ1) is 20.2. The summed E-state index contributed by atoms with van der Waals surface area (Å²) in [7, 11) is 0. The van der Waals surface area contributed by atoms with Crippen molar-refractivity contribution in [1.82, 2.24) is 9.55 Å². The highest BCUT2D eigenvalue weighted by Crippen LogP contribution is 2.21. The second-order valence-electron chi connectivity index (χ2n) is 6.17. The van der Waals surface area contributed by atoms with Gasteiger partial charge < -0.3 is 9.84 Å². The Hall–Kier alpha value is -2.58. The number of ether oxygens (including phenoxy) is 1. The van der Waals surface area contributed by atoms with Crippen LogP contribution in [-0.2, 0) is 19.8 Å². The summed E-state index contributed by atoms with van der Waals surface area (Å²) >= 11 is 3.20. The zero-order chi connectivity index (χ0) is 20.3. The molecule has 0 aliphatic rings. The van der Waals surface area contributed by atoms with E-state index in [1.54, 1.807) is 19.1 Å². The smallest absolute Gasteiger partial charge is 0.272 e. The van der Waals surface area contributed by atoms with Crippen molar-refractivity contribution >= 4 is 15.9 Å². The number of aromatic nitrogens is 2. The van der Waals surface area contributed by atoms with E-state index in [1.807, 2.05) is 12.1 Å². The molecule has 0 fully saturated rings. The van der Waals surface area contributed by atoms with Gasteiger partial charge in [0.05, 0.1) is 13.2 Å². The third kappa shape index (κ3) is 4.45. The summed E-state index contributed by atoms with van der Waals surface area (Å²) in [5.74, 6) is -0.939. The molecule has 0 aliphatic carbocycles. The molecular formula is C20H17BrF2N2O3. The van der Waals surface area contributed by atoms with Crippen molar-refractivity contribution in [2.24, 2.45) is 0 Å². The second-order valence-corrected chi connectivity index (χ2v) is 6.96. The molecule has 0 bridgehead atoms. The highest BCUT2D eigenvalue weighted by atomic mass is 79.9. The number of aliphatic hydroxyl groups is 1. The Balaban J connectivity index is 1.82.